The first-order valence-electron chi connectivity index (χ1n) is 8.73. The fourth-order valence-corrected chi connectivity index (χ4v) is 3.90. The minimum absolute atomic E-state index is 0.0662. The summed E-state index contributed by atoms with van der Waals surface area (Å²) in [5.41, 5.74) is 5.42. The van der Waals surface area contributed by atoms with Crippen LogP contribution < -0.4 is 0 Å². The van der Waals surface area contributed by atoms with Gasteiger partial charge in [-0.2, -0.15) is 0 Å². The van der Waals surface area contributed by atoms with Crippen LogP contribution in [0.25, 0.3) is 21.8 Å². The molecule has 5 aromatic rings. The Morgan fingerprint density at radius 1 is 0.577 bits per heavy atom. The summed E-state index contributed by atoms with van der Waals surface area (Å²) >= 11 is 0. The molecule has 0 spiro atoms. The molecule has 0 amide bonds. The van der Waals surface area contributed by atoms with E-state index in [-0.39, 0.29) is 5.92 Å². The van der Waals surface area contributed by atoms with Crippen LogP contribution in [0.1, 0.15) is 22.6 Å². The van der Waals surface area contributed by atoms with Crippen LogP contribution in [0.5, 0.6) is 5.75 Å². The van der Waals surface area contributed by atoms with E-state index in [0.717, 1.165) is 27.7 Å². The minimum Gasteiger partial charge on any atom is -0.508 e. The molecule has 5 rings (SSSR count). The predicted octanol–water partition coefficient (Wildman–Crippen LogP) is 5.54. The van der Waals surface area contributed by atoms with Crippen LogP contribution in [0, 0.1) is 0 Å². The molecule has 0 aliphatic carbocycles. The lowest BCUT2D eigenvalue weighted by Crippen LogP contribution is -2.02. The SMILES string of the molecule is Oc1ccccc1C(c1c[nH]c2ccccc12)c1c[nH]c2ccccc12. The van der Waals surface area contributed by atoms with Crippen molar-refractivity contribution in [2.75, 3.05) is 0 Å². The fraction of sp³-hybridized carbons (Fsp3) is 0.0435. The molecule has 0 saturated heterocycles. The normalized spacial score (nSPS) is 11.6. The van der Waals surface area contributed by atoms with Crippen molar-refractivity contribution in [3.05, 3.63) is 102 Å². The molecule has 0 bridgehead atoms. The summed E-state index contributed by atoms with van der Waals surface area (Å²) in [5.74, 6) is 0.247. The molecule has 3 aromatic carbocycles. The molecule has 3 heteroatoms. The van der Waals surface area contributed by atoms with E-state index in [4.69, 9.17) is 0 Å². The number of aromatic amines is 2. The largest absolute Gasteiger partial charge is 0.508 e. The highest BCUT2D eigenvalue weighted by Gasteiger charge is 2.25. The third-order valence-electron chi connectivity index (χ3n) is 5.11. The molecule has 3 nitrogen and oxygen atoms in total. The number of benzene rings is 3. The number of aromatic hydroxyl groups is 1. The van der Waals surface area contributed by atoms with E-state index >= 15 is 0 Å². The molecule has 0 fully saturated rings. The van der Waals surface area contributed by atoms with Gasteiger partial charge in [0.1, 0.15) is 5.75 Å². The van der Waals surface area contributed by atoms with Gasteiger partial charge in [0, 0.05) is 45.7 Å². The van der Waals surface area contributed by atoms with Gasteiger partial charge in [-0.15, -0.1) is 0 Å². The van der Waals surface area contributed by atoms with Gasteiger partial charge in [0.05, 0.1) is 0 Å². The highest BCUT2D eigenvalue weighted by Crippen LogP contribution is 2.42. The van der Waals surface area contributed by atoms with E-state index in [1.165, 1.54) is 10.8 Å². The maximum Gasteiger partial charge on any atom is 0.119 e. The fourth-order valence-electron chi connectivity index (χ4n) is 3.90. The number of rotatable bonds is 3. The number of phenols is 1. The van der Waals surface area contributed by atoms with Crippen LogP contribution in [0.15, 0.2) is 85.2 Å². The number of aromatic nitrogens is 2. The van der Waals surface area contributed by atoms with Crippen LogP contribution in [-0.2, 0) is 0 Å². The monoisotopic (exact) mass is 338 g/mol. The quantitative estimate of drug-likeness (QED) is 0.398. The number of hydrogen-bond donors (Lipinski definition) is 3. The molecule has 126 valence electrons. The molecule has 0 unspecified atom stereocenters. The average molecular weight is 338 g/mol. The second kappa shape index (κ2) is 5.81. The second-order valence-corrected chi connectivity index (χ2v) is 6.57. The van der Waals surface area contributed by atoms with Gasteiger partial charge in [-0.3, -0.25) is 0 Å². The molecule has 0 aliphatic heterocycles. The van der Waals surface area contributed by atoms with Gasteiger partial charge in [-0.1, -0.05) is 54.6 Å². The number of H-pyrrole nitrogens is 2. The smallest absolute Gasteiger partial charge is 0.119 e. The van der Waals surface area contributed by atoms with Gasteiger partial charge in [-0.25, -0.2) is 0 Å². The van der Waals surface area contributed by atoms with Gasteiger partial charge < -0.3 is 15.1 Å². The van der Waals surface area contributed by atoms with Crippen LogP contribution in [0.3, 0.4) is 0 Å². The molecular formula is C23H18N2O. The zero-order chi connectivity index (χ0) is 17.5. The van der Waals surface area contributed by atoms with Crippen molar-refractivity contribution in [3.63, 3.8) is 0 Å². The summed E-state index contributed by atoms with van der Waals surface area (Å²) in [6.07, 6.45) is 4.12. The van der Waals surface area contributed by atoms with Gasteiger partial charge in [0.2, 0.25) is 0 Å². The Balaban J connectivity index is 1.83. The molecule has 2 aromatic heterocycles. The van der Waals surface area contributed by atoms with Crippen molar-refractivity contribution in [1.82, 2.24) is 9.97 Å². The first kappa shape index (κ1) is 14.8. The topological polar surface area (TPSA) is 51.8 Å². The number of para-hydroxylation sites is 3. The summed E-state index contributed by atoms with van der Waals surface area (Å²) < 4.78 is 0. The Morgan fingerprint density at radius 2 is 1.08 bits per heavy atom. The van der Waals surface area contributed by atoms with Crippen molar-refractivity contribution in [2.45, 2.75) is 5.92 Å². The second-order valence-electron chi connectivity index (χ2n) is 6.57. The van der Waals surface area contributed by atoms with Crippen molar-refractivity contribution < 1.29 is 5.11 Å². The molecule has 0 aliphatic rings. The Morgan fingerprint density at radius 3 is 1.65 bits per heavy atom. The minimum atomic E-state index is -0.0662. The van der Waals surface area contributed by atoms with Gasteiger partial charge in [0.15, 0.2) is 0 Å². The first-order valence-corrected chi connectivity index (χ1v) is 8.73. The van der Waals surface area contributed by atoms with Gasteiger partial charge in [-0.05, 0) is 29.3 Å². The summed E-state index contributed by atoms with van der Waals surface area (Å²) in [5, 5.41) is 12.9. The van der Waals surface area contributed by atoms with E-state index in [9.17, 15) is 5.11 Å². The van der Waals surface area contributed by atoms with E-state index in [1.54, 1.807) is 6.07 Å². The Kier molecular flexibility index (Phi) is 3.32. The molecule has 0 saturated carbocycles. The van der Waals surface area contributed by atoms with E-state index in [0.29, 0.717) is 5.75 Å². The summed E-state index contributed by atoms with van der Waals surface area (Å²) in [6.45, 7) is 0. The maximum absolute atomic E-state index is 10.6. The lowest BCUT2D eigenvalue weighted by molar-refractivity contribution is 0.467. The third kappa shape index (κ3) is 2.21. The predicted molar refractivity (Wildman–Crippen MR) is 106 cm³/mol. The summed E-state index contributed by atoms with van der Waals surface area (Å²) in [7, 11) is 0. The Bertz CT molecular complexity index is 1140. The van der Waals surface area contributed by atoms with E-state index in [2.05, 4.69) is 58.8 Å². The van der Waals surface area contributed by atoms with Gasteiger partial charge in [0.25, 0.3) is 0 Å². The molecule has 0 atom stereocenters. The van der Waals surface area contributed by atoms with E-state index in [1.807, 2.05) is 30.3 Å². The van der Waals surface area contributed by atoms with Crippen molar-refractivity contribution in [3.8, 4) is 5.75 Å². The van der Waals surface area contributed by atoms with E-state index < -0.39 is 0 Å². The number of nitrogens with one attached hydrogen (secondary N) is 2. The Labute approximate surface area is 150 Å². The number of phenolic OH excluding ortho intramolecular Hbond substituents is 1. The molecular weight excluding hydrogens is 320 g/mol. The molecule has 26 heavy (non-hydrogen) atoms. The number of fused-ring (bicyclic) bond motifs is 2. The van der Waals surface area contributed by atoms with Crippen LogP contribution in [0.2, 0.25) is 0 Å². The van der Waals surface area contributed by atoms with Crippen molar-refractivity contribution in [2.24, 2.45) is 0 Å². The zero-order valence-corrected chi connectivity index (χ0v) is 14.1. The number of hydrogen-bond acceptors (Lipinski definition) is 1. The van der Waals surface area contributed by atoms with Crippen LogP contribution in [-0.4, -0.2) is 15.1 Å². The highest BCUT2D eigenvalue weighted by atomic mass is 16.3. The lowest BCUT2D eigenvalue weighted by Gasteiger charge is -2.18. The highest BCUT2D eigenvalue weighted by molar-refractivity contribution is 5.89. The molecule has 3 N–H and O–H groups in total. The van der Waals surface area contributed by atoms with Crippen molar-refractivity contribution >= 4 is 21.8 Å². The third-order valence-corrected chi connectivity index (χ3v) is 5.11. The van der Waals surface area contributed by atoms with Crippen LogP contribution in [0.4, 0.5) is 0 Å². The maximum atomic E-state index is 10.6. The molecule has 0 radical (unpaired) electrons. The summed E-state index contributed by atoms with van der Waals surface area (Å²) in [6, 6.07) is 24.2. The lowest BCUT2D eigenvalue weighted by atomic mass is 9.84. The summed E-state index contributed by atoms with van der Waals surface area (Å²) in [4.78, 5) is 6.75. The van der Waals surface area contributed by atoms with Crippen molar-refractivity contribution in [1.29, 1.82) is 0 Å². The van der Waals surface area contributed by atoms with Crippen LogP contribution >= 0.6 is 0 Å². The first-order chi connectivity index (χ1) is 12.8. The van der Waals surface area contributed by atoms with Gasteiger partial charge >= 0.3 is 0 Å². The Hall–Kier alpha value is -3.46. The zero-order valence-electron chi connectivity index (χ0n) is 14.1. The standard InChI is InChI=1S/C23H18N2O/c26-22-12-6-3-9-17(22)23(18-13-24-20-10-4-1-7-15(18)20)19-14-25-21-11-5-2-8-16(19)21/h1-14,23-26H. The average Bonchev–Trinajstić information content (AvgIpc) is 3.29. The molecule has 2 heterocycles.